The first-order valence-corrected chi connectivity index (χ1v) is 25.3. The molecule has 9 rings (SSSR count). The number of amides is 1. The van der Waals surface area contributed by atoms with E-state index in [9.17, 15) is 9.59 Å². The second-order valence-corrected chi connectivity index (χ2v) is 24.0. The zero-order chi connectivity index (χ0) is 44.9. The van der Waals surface area contributed by atoms with Crippen LogP contribution in [0, 0.1) is 73.9 Å². The highest BCUT2D eigenvalue weighted by molar-refractivity contribution is 5.85. The number of nitrogens with zero attached hydrogens (tertiary/aromatic N) is 2. The molecular formula is C55H79N3O5. The molecule has 8 nitrogen and oxygen atoms in total. The maximum absolute atomic E-state index is 15.6. The first-order chi connectivity index (χ1) is 29.8. The molecule has 344 valence electrons. The number of rotatable bonds is 10. The third kappa shape index (κ3) is 6.68. The van der Waals surface area contributed by atoms with Gasteiger partial charge in [0.05, 0.1) is 41.8 Å². The van der Waals surface area contributed by atoms with Crippen molar-refractivity contribution in [3.05, 3.63) is 54.5 Å². The third-order valence-electron chi connectivity index (χ3n) is 20.8. The Balaban J connectivity index is 0.931. The van der Waals surface area contributed by atoms with Gasteiger partial charge < -0.3 is 19.4 Å². The summed E-state index contributed by atoms with van der Waals surface area (Å²) in [5.41, 5.74) is 2.80. The largest absolute Gasteiger partial charge is 0.465 e. The van der Waals surface area contributed by atoms with Gasteiger partial charge in [0.1, 0.15) is 11.9 Å². The monoisotopic (exact) mass is 862 g/mol. The molecule has 1 aromatic carbocycles. The Hall–Kier alpha value is -3.42. The molecule has 2 aromatic rings. The van der Waals surface area contributed by atoms with Crippen LogP contribution in [0.15, 0.2) is 48.7 Å². The Bertz CT molecular complexity index is 2090. The highest BCUT2D eigenvalue weighted by Crippen LogP contribution is 2.78. The lowest BCUT2D eigenvalue weighted by Crippen LogP contribution is -2.67. The molecule has 0 spiro atoms. The van der Waals surface area contributed by atoms with Gasteiger partial charge in [0.2, 0.25) is 5.91 Å². The number of fused-ring (bicyclic) bond motifs is 7. The van der Waals surface area contributed by atoms with Gasteiger partial charge in [-0.2, -0.15) is 0 Å². The van der Waals surface area contributed by atoms with E-state index in [2.05, 4.69) is 89.2 Å². The number of nitrogens with one attached hydrogen (secondary N) is 1. The minimum atomic E-state index is -0.471. The molecule has 8 heteroatoms. The zero-order valence-electron chi connectivity index (χ0n) is 40.3. The number of hydrogen-bond acceptors (Lipinski definition) is 6. The summed E-state index contributed by atoms with van der Waals surface area (Å²) >= 11 is 0. The maximum Gasteiger partial charge on any atom is 0.309 e. The number of H-pyrrole nitrogens is 1. The Labute approximate surface area is 378 Å². The lowest BCUT2D eigenvalue weighted by molar-refractivity contribution is -0.251. The van der Waals surface area contributed by atoms with Crippen LogP contribution in [0.5, 0.6) is 0 Å². The van der Waals surface area contributed by atoms with Crippen molar-refractivity contribution in [2.45, 2.75) is 171 Å². The molecular weight excluding hydrogens is 783 g/mol. The number of carbonyl (C=O) groups excluding carboxylic acids is 3. The zero-order valence-corrected chi connectivity index (χ0v) is 40.3. The number of ether oxygens (including phenoxy) is 2. The number of unbranched alkanes of at least 4 members (excludes halogenated alkanes) is 1. The molecule has 0 bridgehead atoms. The number of aromatic nitrogens is 2. The molecule has 13 atom stereocenters. The number of aromatic amines is 1. The highest BCUT2D eigenvalue weighted by atomic mass is 16.5. The van der Waals surface area contributed by atoms with Gasteiger partial charge in [-0.25, -0.2) is 4.98 Å². The van der Waals surface area contributed by atoms with Crippen LogP contribution < -0.4 is 0 Å². The van der Waals surface area contributed by atoms with E-state index in [4.69, 9.17) is 14.5 Å². The number of carbonyl (C=O) groups is 3. The van der Waals surface area contributed by atoms with E-state index in [1.165, 1.54) is 24.8 Å². The van der Waals surface area contributed by atoms with Gasteiger partial charge in [-0.15, -0.1) is 0 Å². The molecule has 2 heterocycles. The minimum absolute atomic E-state index is 0.0142. The molecule has 0 radical (unpaired) electrons. The maximum atomic E-state index is 15.6. The van der Waals surface area contributed by atoms with Crippen molar-refractivity contribution in [3.63, 3.8) is 0 Å². The van der Waals surface area contributed by atoms with E-state index < -0.39 is 5.41 Å². The van der Waals surface area contributed by atoms with Crippen molar-refractivity contribution < 1.29 is 23.9 Å². The van der Waals surface area contributed by atoms with E-state index in [1.807, 2.05) is 26.1 Å². The van der Waals surface area contributed by atoms with Gasteiger partial charge in [0, 0.05) is 12.0 Å². The SMILES string of the molecule is C=C(C)[C@@H]1CC[C@]2(C(=O)N3CCC[C@H]3c3ncc(-c4ccccc4)[nH]3)CC[C@]3(C)[C@H](CC[C@@H]4[C@@]5(C)CC[C@H](OC(=O)[C@H]6C[C@@H](C(=O)OCCCC)C6(C)C)C(C)(C)[C@@H]5CC[C@]43C)[C@@H]12. The minimum Gasteiger partial charge on any atom is -0.465 e. The second-order valence-electron chi connectivity index (χ2n) is 24.0. The van der Waals surface area contributed by atoms with Crippen molar-refractivity contribution in [3.8, 4) is 11.3 Å². The van der Waals surface area contributed by atoms with Crippen LogP contribution in [0.4, 0.5) is 0 Å². The standard InChI is InChI=1S/C55H79N3O5/c1-11-12-31-62-47(59)38-32-39(50(38,4)5)48(60)63-44-24-25-52(8)42(51(44,6)7)23-26-54(10)43(52)21-20-37-45-36(34(2)3)22-27-55(45,29-28-53(37,54)9)49(61)58-30-16-19-41(58)46-56-33-40(57-46)35-17-14-13-15-18-35/h13-15,17-18,33,36-39,41-45H,2,11-12,16,19-32H2,1,3-10H3,(H,56,57)/t36-,37+,38-,39+,41-,42-,43+,44-,45+,52-,53+,54+,55-/m0/s1. The average molecular weight is 862 g/mol. The molecule has 6 saturated carbocycles. The predicted molar refractivity (Wildman–Crippen MR) is 248 cm³/mol. The van der Waals surface area contributed by atoms with E-state index in [-0.39, 0.29) is 63.0 Å². The van der Waals surface area contributed by atoms with Gasteiger partial charge in [0.25, 0.3) is 0 Å². The highest BCUT2D eigenvalue weighted by Gasteiger charge is 2.72. The summed E-state index contributed by atoms with van der Waals surface area (Å²) in [6.45, 7) is 27.0. The van der Waals surface area contributed by atoms with Crippen LogP contribution in [0.2, 0.25) is 0 Å². The lowest BCUT2D eigenvalue weighted by atomic mass is 9.32. The number of hydrogen-bond donors (Lipinski definition) is 1. The summed E-state index contributed by atoms with van der Waals surface area (Å²) < 4.78 is 12.2. The smallest absolute Gasteiger partial charge is 0.309 e. The summed E-state index contributed by atoms with van der Waals surface area (Å²) in [5, 5.41) is 0. The van der Waals surface area contributed by atoms with Crippen molar-refractivity contribution in [1.82, 2.24) is 14.9 Å². The molecule has 1 amide bonds. The molecule has 1 aliphatic heterocycles. The number of esters is 2. The summed E-state index contributed by atoms with van der Waals surface area (Å²) in [6, 6.07) is 10.4. The third-order valence-corrected chi connectivity index (χ3v) is 20.8. The van der Waals surface area contributed by atoms with Gasteiger partial charge in [0.15, 0.2) is 0 Å². The van der Waals surface area contributed by atoms with Crippen molar-refractivity contribution in [2.75, 3.05) is 13.2 Å². The van der Waals surface area contributed by atoms with Gasteiger partial charge in [-0.05, 0) is 154 Å². The molecule has 1 N–H and O–H groups in total. The quantitative estimate of drug-likeness (QED) is 0.145. The van der Waals surface area contributed by atoms with Gasteiger partial charge >= 0.3 is 11.9 Å². The molecule has 7 aliphatic rings. The topological polar surface area (TPSA) is 102 Å². The van der Waals surface area contributed by atoms with Crippen LogP contribution in [0.1, 0.15) is 170 Å². The number of likely N-dealkylation sites (tertiary alicyclic amines) is 1. The molecule has 1 aromatic heterocycles. The fourth-order valence-corrected chi connectivity index (χ4v) is 16.9. The Kier molecular flexibility index (Phi) is 11.3. The fourth-order valence-electron chi connectivity index (χ4n) is 16.9. The van der Waals surface area contributed by atoms with Crippen molar-refractivity contribution in [1.29, 1.82) is 0 Å². The van der Waals surface area contributed by atoms with Crippen molar-refractivity contribution >= 4 is 17.8 Å². The van der Waals surface area contributed by atoms with E-state index in [0.29, 0.717) is 48.5 Å². The number of benzene rings is 1. The lowest BCUT2D eigenvalue weighted by Gasteiger charge is -2.73. The van der Waals surface area contributed by atoms with Crippen LogP contribution in [0.3, 0.4) is 0 Å². The van der Waals surface area contributed by atoms with Gasteiger partial charge in [-0.1, -0.05) is 104 Å². The fraction of sp³-hybridized carbons (Fsp3) is 0.745. The molecule has 6 aliphatic carbocycles. The predicted octanol–water partition coefficient (Wildman–Crippen LogP) is 12.3. The Morgan fingerprint density at radius 1 is 0.825 bits per heavy atom. The second kappa shape index (κ2) is 15.9. The average Bonchev–Trinajstić information content (AvgIpc) is 4.02. The Morgan fingerprint density at radius 2 is 1.57 bits per heavy atom. The number of allylic oxidation sites excluding steroid dienone is 1. The first kappa shape index (κ1) is 44.8. The summed E-state index contributed by atoms with van der Waals surface area (Å²) in [7, 11) is 0. The molecule has 0 unspecified atom stereocenters. The van der Waals surface area contributed by atoms with Crippen LogP contribution >= 0.6 is 0 Å². The first-order valence-electron chi connectivity index (χ1n) is 25.3. The van der Waals surface area contributed by atoms with E-state index in [0.717, 1.165) is 94.3 Å². The van der Waals surface area contributed by atoms with E-state index in [1.54, 1.807) is 0 Å². The van der Waals surface area contributed by atoms with Crippen LogP contribution in [0.25, 0.3) is 11.3 Å². The molecule has 1 saturated heterocycles. The van der Waals surface area contributed by atoms with Crippen LogP contribution in [-0.2, 0) is 23.9 Å². The van der Waals surface area contributed by atoms with Crippen molar-refractivity contribution in [2.24, 2.45) is 73.9 Å². The van der Waals surface area contributed by atoms with Crippen LogP contribution in [-0.4, -0.2) is 52.0 Å². The normalized spacial score (nSPS) is 41.0. The van der Waals surface area contributed by atoms with Gasteiger partial charge in [-0.3, -0.25) is 14.4 Å². The Morgan fingerprint density at radius 3 is 2.29 bits per heavy atom. The molecule has 63 heavy (non-hydrogen) atoms. The molecule has 7 fully saturated rings. The number of imidazole rings is 1. The summed E-state index contributed by atoms with van der Waals surface area (Å²) in [6.07, 6.45) is 16.8. The summed E-state index contributed by atoms with van der Waals surface area (Å²) in [4.78, 5) is 53.3. The summed E-state index contributed by atoms with van der Waals surface area (Å²) in [5.74, 6) is 2.64. The van der Waals surface area contributed by atoms with E-state index >= 15 is 4.79 Å².